The smallest absolute Gasteiger partial charge is 0.142 e. The Labute approximate surface area is 240 Å². The predicted octanol–water partition coefficient (Wildman–Crippen LogP) is 6.29. The van der Waals surface area contributed by atoms with Gasteiger partial charge in [-0.25, -0.2) is 0 Å². The van der Waals surface area contributed by atoms with Crippen molar-refractivity contribution in [3.8, 4) is 28.4 Å². The number of nitrogens with zero attached hydrogens (tertiary/aromatic N) is 1. The monoisotopic (exact) mass is 570 g/mol. The van der Waals surface area contributed by atoms with Crippen LogP contribution in [0.4, 0.5) is 0 Å². The van der Waals surface area contributed by atoms with Crippen LogP contribution in [0.15, 0.2) is 48.5 Å². The molecule has 0 amide bonds. The molecule has 1 fully saturated rings. The Hall–Kier alpha value is -2.48. The van der Waals surface area contributed by atoms with E-state index in [2.05, 4.69) is 28.4 Å². The van der Waals surface area contributed by atoms with Crippen molar-refractivity contribution in [1.29, 1.82) is 0 Å². The van der Waals surface area contributed by atoms with Crippen molar-refractivity contribution in [3.05, 3.63) is 75.3 Å². The Morgan fingerprint density at radius 2 is 1.79 bits per heavy atom. The summed E-state index contributed by atoms with van der Waals surface area (Å²) in [6.45, 7) is 6.20. The van der Waals surface area contributed by atoms with Gasteiger partial charge in [-0.1, -0.05) is 53.5 Å². The topological polar surface area (TPSA) is 63.2 Å². The molecule has 6 nitrogen and oxygen atoms in total. The molecule has 1 aliphatic carbocycles. The third-order valence-electron chi connectivity index (χ3n) is 7.33. The lowest BCUT2D eigenvalue weighted by atomic mass is 9.96. The normalized spacial score (nSPS) is 17.1. The molecule has 39 heavy (non-hydrogen) atoms. The highest BCUT2D eigenvalue weighted by Gasteiger charge is 2.28. The number of benzene rings is 3. The largest absolute Gasteiger partial charge is 0.493 e. The molecule has 0 aromatic heterocycles. The molecule has 1 heterocycles. The number of nitrogens with one attached hydrogen (secondary N) is 1. The molecule has 1 saturated heterocycles. The lowest BCUT2D eigenvalue weighted by Gasteiger charge is -2.35. The van der Waals surface area contributed by atoms with E-state index >= 15 is 0 Å². The second-order valence-electron chi connectivity index (χ2n) is 10.1. The first-order valence-corrected chi connectivity index (χ1v) is 14.4. The maximum Gasteiger partial charge on any atom is 0.142 e. The summed E-state index contributed by atoms with van der Waals surface area (Å²) in [6.07, 6.45) is 2.33. The molecule has 2 N–H and O–H groups in total. The number of β-amino-alcohol motifs (C(OH)–C–C–N with tert-alkyl or cyclic N) is 1. The Morgan fingerprint density at radius 1 is 1.00 bits per heavy atom. The summed E-state index contributed by atoms with van der Waals surface area (Å²) in [5.74, 6) is 2.10. The van der Waals surface area contributed by atoms with Gasteiger partial charge < -0.3 is 24.6 Å². The summed E-state index contributed by atoms with van der Waals surface area (Å²) in [4.78, 5) is 2.22. The number of fused-ring (bicyclic) bond motifs is 1. The predicted molar refractivity (Wildman–Crippen MR) is 157 cm³/mol. The first-order chi connectivity index (χ1) is 19.0. The zero-order valence-corrected chi connectivity index (χ0v) is 24.0. The zero-order valence-electron chi connectivity index (χ0n) is 22.5. The summed E-state index contributed by atoms with van der Waals surface area (Å²) in [5.41, 5.74) is 5.47. The number of hydrogen-bond donors (Lipinski definition) is 2. The van der Waals surface area contributed by atoms with Crippen LogP contribution in [0.5, 0.6) is 17.2 Å². The SMILES string of the molecule is CCOc1cc(O[C@H]2CCc3c(-c4cccc(OCCCN5CC(O)C5)c4Cl)cccc32)c(Cl)cc1CNC. The maximum absolute atomic E-state index is 9.44. The van der Waals surface area contributed by atoms with Crippen molar-refractivity contribution >= 4 is 23.2 Å². The van der Waals surface area contributed by atoms with Crippen LogP contribution in [0, 0.1) is 0 Å². The molecule has 0 spiro atoms. The van der Waals surface area contributed by atoms with Crippen molar-refractivity contribution in [2.75, 3.05) is 39.9 Å². The molecule has 5 rings (SSSR count). The van der Waals surface area contributed by atoms with Gasteiger partial charge in [-0.2, -0.15) is 0 Å². The van der Waals surface area contributed by atoms with Crippen LogP contribution in [-0.4, -0.2) is 56.0 Å². The molecule has 208 valence electrons. The maximum atomic E-state index is 9.44. The third kappa shape index (κ3) is 6.31. The average Bonchev–Trinajstić information content (AvgIpc) is 3.32. The fourth-order valence-electron chi connectivity index (χ4n) is 5.45. The Morgan fingerprint density at radius 3 is 2.56 bits per heavy atom. The van der Waals surface area contributed by atoms with E-state index < -0.39 is 0 Å². The van der Waals surface area contributed by atoms with Crippen molar-refractivity contribution in [2.24, 2.45) is 0 Å². The Bertz CT molecular complexity index is 1300. The standard InChI is InChI=1S/C31H36Cl2N2O4/c1-3-37-29-16-30(26(32)15-20(29)17-34-2)39-27-12-11-23-22(7-4-8-24(23)27)25-9-5-10-28(31(25)33)38-14-6-13-35-18-21(36)19-35/h4-5,7-10,15-16,21,27,34,36H,3,6,11-14,17-19H2,1-2H3/t27-/m0/s1. The van der Waals surface area contributed by atoms with Gasteiger partial charge >= 0.3 is 0 Å². The van der Waals surface area contributed by atoms with Crippen LogP contribution < -0.4 is 19.5 Å². The van der Waals surface area contributed by atoms with Gasteiger partial charge in [-0.15, -0.1) is 0 Å². The third-order valence-corrected chi connectivity index (χ3v) is 8.02. The Kier molecular flexibility index (Phi) is 9.21. The van der Waals surface area contributed by atoms with E-state index in [1.165, 1.54) is 5.56 Å². The summed E-state index contributed by atoms with van der Waals surface area (Å²) in [6, 6.07) is 16.1. The van der Waals surface area contributed by atoms with Gasteiger partial charge in [0.1, 0.15) is 23.4 Å². The van der Waals surface area contributed by atoms with Gasteiger partial charge in [0.05, 0.1) is 29.4 Å². The minimum atomic E-state index is -0.178. The summed E-state index contributed by atoms with van der Waals surface area (Å²) >= 11 is 13.5. The number of rotatable bonds is 12. The van der Waals surface area contributed by atoms with Crippen LogP contribution in [0.25, 0.3) is 11.1 Å². The number of aliphatic hydroxyl groups excluding tert-OH is 1. The molecular formula is C31H36Cl2N2O4. The van der Waals surface area contributed by atoms with Crippen molar-refractivity contribution in [2.45, 2.75) is 44.9 Å². The fraction of sp³-hybridized carbons (Fsp3) is 0.419. The van der Waals surface area contributed by atoms with Crippen molar-refractivity contribution in [1.82, 2.24) is 10.2 Å². The number of hydrogen-bond acceptors (Lipinski definition) is 6. The highest BCUT2D eigenvalue weighted by atomic mass is 35.5. The summed E-state index contributed by atoms with van der Waals surface area (Å²) in [5, 5.41) is 13.8. The van der Waals surface area contributed by atoms with E-state index in [-0.39, 0.29) is 12.2 Å². The fourth-order valence-corrected chi connectivity index (χ4v) is 5.97. The molecule has 0 saturated carbocycles. The molecule has 1 atom stereocenters. The molecule has 8 heteroatoms. The molecule has 0 radical (unpaired) electrons. The van der Waals surface area contributed by atoms with Gasteiger partial charge in [0.15, 0.2) is 0 Å². The lowest BCUT2D eigenvalue weighted by molar-refractivity contribution is 0.0000503. The zero-order chi connectivity index (χ0) is 27.4. The molecule has 3 aromatic carbocycles. The van der Waals surface area contributed by atoms with Crippen LogP contribution in [0.3, 0.4) is 0 Å². The first-order valence-electron chi connectivity index (χ1n) is 13.7. The Balaban J connectivity index is 1.32. The number of halogens is 2. The summed E-state index contributed by atoms with van der Waals surface area (Å²) in [7, 11) is 1.90. The second kappa shape index (κ2) is 12.8. The van der Waals surface area contributed by atoms with Gasteiger partial charge in [0, 0.05) is 43.4 Å². The van der Waals surface area contributed by atoms with Gasteiger partial charge in [-0.05, 0) is 62.1 Å². The van der Waals surface area contributed by atoms with Crippen LogP contribution in [0.2, 0.25) is 10.0 Å². The lowest BCUT2D eigenvalue weighted by Crippen LogP contribution is -2.50. The van der Waals surface area contributed by atoms with E-state index in [1.807, 2.05) is 44.3 Å². The van der Waals surface area contributed by atoms with Crippen LogP contribution in [0.1, 0.15) is 42.6 Å². The number of likely N-dealkylation sites (tertiary alicyclic amines) is 1. The molecule has 2 aliphatic rings. The number of aliphatic hydroxyl groups is 1. The van der Waals surface area contributed by atoms with Gasteiger partial charge in [0.25, 0.3) is 0 Å². The highest BCUT2D eigenvalue weighted by molar-refractivity contribution is 6.35. The molecule has 0 unspecified atom stereocenters. The summed E-state index contributed by atoms with van der Waals surface area (Å²) < 4.78 is 18.4. The second-order valence-corrected chi connectivity index (χ2v) is 10.9. The minimum Gasteiger partial charge on any atom is -0.493 e. The molecule has 1 aliphatic heterocycles. The van der Waals surface area contributed by atoms with Crippen molar-refractivity contribution in [3.63, 3.8) is 0 Å². The van der Waals surface area contributed by atoms with Gasteiger partial charge in [-0.3, -0.25) is 4.90 Å². The number of ether oxygens (including phenoxy) is 3. The first kappa shape index (κ1) is 28.1. The van der Waals surface area contributed by atoms with E-state index in [9.17, 15) is 5.11 Å². The quantitative estimate of drug-likeness (QED) is 0.249. The average molecular weight is 572 g/mol. The van der Waals surface area contributed by atoms with E-state index in [4.69, 9.17) is 37.4 Å². The molecule has 3 aromatic rings. The van der Waals surface area contributed by atoms with Gasteiger partial charge in [0.2, 0.25) is 0 Å². The minimum absolute atomic E-state index is 0.111. The van der Waals surface area contributed by atoms with E-state index in [0.717, 1.165) is 66.9 Å². The van der Waals surface area contributed by atoms with E-state index in [1.54, 1.807) is 0 Å². The van der Waals surface area contributed by atoms with Crippen LogP contribution >= 0.6 is 23.2 Å². The van der Waals surface area contributed by atoms with E-state index in [0.29, 0.717) is 41.3 Å². The van der Waals surface area contributed by atoms with Crippen LogP contribution in [-0.2, 0) is 13.0 Å². The molecular weight excluding hydrogens is 535 g/mol. The molecule has 0 bridgehead atoms. The highest BCUT2D eigenvalue weighted by Crippen LogP contribution is 2.45. The van der Waals surface area contributed by atoms with Crippen molar-refractivity contribution < 1.29 is 19.3 Å².